The number of benzene rings is 1. The fourth-order valence-electron chi connectivity index (χ4n) is 3.32. The second kappa shape index (κ2) is 8.14. The predicted molar refractivity (Wildman–Crippen MR) is 98.7 cm³/mol. The zero-order chi connectivity index (χ0) is 18.5. The Balaban J connectivity index is 1.68. The lowest BCUT2D eigenvalue weighted by molar-refractivity contribution is -0.127. The summed E-state index contributed by atoms with van der Waals surface area (Å²) in [5.41, 5.74) is 1.25. The minimum atomic E-state index is -0.346. The molecule has 2 amide bonds. The number of aryl methyl sites for hydroxylation is 1. The lowest BCUT2D eigenvalue weighted by Crippen LogP contribution is -2.60. The number of hydrogen-bond acceptors (Lipinski definition) is 4. The monoisotopic (exact) mass is 355 g/mol. The molecule has 1 atom stereocenters. The molecule has 3 rings (SSSR count). The minimum Gasteiger partial charge on any atom is -0.358 e. The molecule has 2 heterocycles. The Kier molecular flexibility index (Phi) is 5.68. The van der Waals surface area contributed by atoms with Crippen LogP contribution in [0.3, 0.4) is 0 Å². The largest absolute Gasteiger partial charge is 0.358 e. The second-order valence-electron chi connectivity index (χ2n) is 6.51. The fraction of sp³-hybridized carbons (Fsp3) is 0.421. The van der Waals surface area contributed by atoms with Gasteiger partial charge in [0, 0.05) is 52.7 Å². The molecule has 138 valence electrons. The molecule has 1 aromatic carbocycles. The minimum absolute atomic E-state index is 0.0598. The van der Waals surface area contributed by atoms with Gasteiger partial charge in [-0.15, -0.1) is 0 Å². The molecule has 26 heavy (non-hydrogen) atoms. The van der Waals surface area contributed by atoms with Crippen molar-refractivity contribution in [1.82, 2.24) is 24.7 Å². The molecule has 0 saturated carbocycles. The van der Waals surface area contributed by atoms with Crippen molar-refractivity contribution in [3.8, 4) is 0 Å². The number of carbonyl (C=O) groups excluding carboxylic acids is 2. The molecule has 1 aliphatic rings. The van der Waals surface area contributed by atoms with E-state index >= 15 is 0 Å². The Hall–Kier alpha value is -2.67. The number of carbonyl (C=O) groups is 2. The highest BCUT2D eigenvalue weighted by atomic mass is 16.2. The molecular weight excluding hydrogens is 330 g/mol. The molecule has 1 fully saturated rings. The first kappa shape index (κ1) is 18.1. The van der Waals surface area contributed by atoms with Crippen LogP contribution >= 0.6 is 0 Å². The number of nitrogens with zero attached hydrogens (tertiary/aromatic N) is 4. The van der Waals surface area contributed by atoms with Gasteiger partial charge in [0.1, 0.15) is 6.04 Å². The SMILES string of the molecule is CNC(=O)C1CN(C(=O)c2nccn2C)CCN1CCc1ccccc1. The van der Waals surface area contributed by atoms with Gasteiger partial charge < -0.3 is 14.8 Å². The molecule has 2 aromatic rings. The number of amides is 2. The number of likely N-dealkylation sites (N-methyl/N-ethyl adjacent to an activating group) is 1. The van der Waals surface area contributed by atoms with E-state index in [1.165, 1.54) is 5.56 Å². The van der Waals surface area contributed by atoms with Gasteiger partial charge in [-0.25, -0.2) is 4.98 Å². The van der Waals surface area contributed by atoms with E-state index in [9.17, 15) is 9.59 Å². The summed E-state index contributed by atoms with van der Waals surface area (Å²) in [6, 6.07) is 9.88. The van der Waals surface area contributed by atoms with Gasteiger partial charge in [-0.3, -0.25) is 14.5 Å². The molecule has 0 radical (unpaired) electrons. The second-order valence-corrected chi connectivity index (χ2v) is 6.51. The van der Waals surface area contributed by atoms with E-state index in [-0.39, 0.29) is 17.9 Å². The van der Waals surface area contributed by atoms with Gasteiger partial charge in [0.2, 0.25) is 5.91 Å². The van der Waals surface area contributed by atoms with Gasteiger partial charge in [-0.2, -0.15) is 0 Å². The third-order valence-electron chi connectivity index (χ3n) is 4.87. The van der Waals surface area contributed by atoms with Crippen molar-refractivity contribution >= 4 is 11.8 Å². The standard InChI is InChI=1S/C19H25N5O2/c1-20-18(25)16-14-24(19(26)17-21-9-11-22(17)2)13-12-23(16)10-8-15-6-4-3-5-7-15/h3-7,9,11,16H,8,10,12-14H2,1-2H3,(H,20,25). The van der Waals surface area contributed by atoms with Crippen LogP contribution in [-0.2, 0) is 18.3 Å². The third kappa shape index (κ3) is 3.94. The highest BCUT2D eigenvalue weighted by Gasteiger charge is 2.34. The predicted octanol–water partition coefficient (Wildman–Crippen LogP) is 0.535. The summed E-state index contributed by atoms with van der Waals surface area (Å²) in [6.07, 6.45) is 4.24. The summed E-state index contributed by atoms with van der Waals surface area (Å²) < 4.78 is 1.71. The van der Waals surface area contributed by atoms with E-state index < -0.39 is 0 Å². The molecule has 1 unspecified atom stereocenters. The number of nitrogens with one attached hydrogen (secondary N) is 1. The maximum absolute atomic E-state index is 12.7. The van der Waals surface area contributed by atoms with Crippen LogP contribution in [0.2, 0.25) is 0 Å². The first-order valence-electron chi connectivity index (χ1n) is 8.86. The number of rotatable bonds is 5. The number of aromatic nitrogens is 2. The molecule has 1 aliphatic heterocycles. The summed E-state index contributed by atoms with van der Waals surface area (Å²) in [6.45, 7) is 2.42. The van der Waals surface area contributed by atoms with Crippen molar-refractivity contribution in [1.29, 1.82) is 0 Å². The zero-order valence-electron chi connectivity index (χ0n) is 15.3. The van der Waals surface area contributed by atoms with Crippen molar-refractivity contribution in [2.24, 2.45) is 7.05 Å². The maximum atomic E-state index is 12.7. The van der Waals surface area contributed by atoms with Crippen LogP contribution in [-0.4, -0.2) is 70.4 Å². The first-order valence-corrected chi connectivity index (χ1v) is 8.86. The van der Waals surface area contributed by atoms with Gasteiger partial charge in [0.25, 0.3) is 5.91 Å². The Morgan fingerprint density at radius 3 is 2.65 bits per heavy atom. The molecule has 0 spiro atoms. The molecule has 1 saturated heterocycles. The zero-order valence-corrected chi connectivity index (χ0v) is 15.3. The Morgan fingerprint density at radius 2 is 2.00 bits per heavy atom. The number of hydrogen-bond donors (Lipinski definition) is 1. The van der Waals surface area contributed by atoms with Crippen LogP contribution in [0.1, 0.15) is 16.2 Å². The van der Waals surface area contributed by atoms with Gasteiger partial charge >= 0.3 is 0 Å². The Labute approximate surface area is 153 Å². The molecule has 1 N–H and O–H groups in total. The van der Waals surface area contributed by atoms with Crippen molar-refractivity contribution in [3.05, 3.63) is 54.1 Å². The highest BCUT2D eigenvalue weighted by molar-refractivity contribution is 5.92. The third-order valence-corrected chi connectivity index (χ3v) is 4.87. The van der Waals surface area contributed by atoms with Gasteiger partial charge in [-0.1, -0.05) is 30.3 Å². The van der Waals surface area contributed by atoms with Crippen LogP contribution in [0.25, 0.3) is 0 Å². The summed E-state index contributed by atoms with van der Waals surface area (Å²) in [5, 5.41) is 2.73. The average molecular weight is 355 g/mol. The lowest BCUT2D eigenvalue weighted by Gasteiger charge is -2.40. The normalized spacial score (nSPS) is 17.9. The van der Waals surface area contributed by atoms with E-state index in [1.807, 2.05) is 18.2 Å². The van der Waals surface area contributed by atoms with Crippen LogP contribution < -0.4 is 5.32 Å². The summed E-state index contributed by atoms with van der Waals surface area (Å²) >= 11 is 0. The topological polar surface area (TPSA) is 70.5 Å². The van der Waals surface area contributed by atoms with E-state index in [0.717, 1.165) is 13.0 Å². The van der Waals surface area contributed by atoms with Crippen molar-refractivity contribution in [3.63, 3.8) is 0 Å². The number of piperazine rings is 1. The van der Waals surface area contributed by atoms with Crippen LogP contribution in [0.15, 0.2) is 42.7 Å². The van der Waals surface area contributed by atoms with Crippen LogP contribution in [0, 0.1) is 0 Å². The highest BCUT2D eigenvalue weighted by Crippen LogP contribution is 2.14. The Bertz CT molecular complexity index is 758. The van der Waals surface area contributed by atoms with Crippen molar-refractivity contribution in [2.75, 3.05) is 33.2 Å². The molecular formula is C19H25N5O2. The quantitative estimate of drug-likeness (QED) is 0.850. The Morgan fingerprint density at radius 1 is 1.23 bits per heavy atom. The maximum Gasteiger partial charge on any atom is 0.289 e. The summed E-state index contributed by atoms with van der Waals surface area (Å²) in [7, 11) is 3.43. The molecule has 7 heteroatoms. The van der Waals surface area contributed by atoms with Gasteiger partial charge in [0.05, 0.1) is 0 Å². The summed E-state index contributed by atoms with van der Waals surface area (Å²) in [4.78, 5) is 33.1. The van der Waals surface area contributed by atoms with Crippen molar-refractivity contribution in [2.45, 2.75) is 12.5 Å². The lowest BCUT2D eigenvalue weighted by atomic mass is 10.1. The van der Waals surface area contributed by atoms with Gasteiger partial charge in [-0.05, 0) is 12.0 Å². The van der Waals surface area contributed by atoms with Gasteiger partial charge in [0.15, 0.2) is 5.82 Å². The molecule has 1 aromatic heterocycles. The van der Waals surface area contributed by atoms with Crippen LogP contribution in [0.4, 0.5) is 0 Å². The number of imidazole rings is 1. The average Bonchev–Trinajstić information content (AvgIpc) is 3.11. The van der Waals surface area contributed by atoms with Crippen molar-refractivity contribution < 1.29 is 9.59 Å². The summed E-state index contributed by atoms with van der Waals surface area (Å²) in [5.74, 6) is 0.211. The molecule has 7 nitrogen and oxygen atoms in total. The fourth-order valence-corrected chi connectivity index (χ4v) is 3.32. The molecule has 0 aliphatic carbocycles. The van der Waals surface area contributed by atoms with E-state index in [2.05, 4.69) is 27.3 Å². The smallest absolute Gasteiger partial charge is 0.289 e. The first-order chi connectivity index (χ1) is 12.6. The van der Waals surface area contributed by atoms with Crippen LogP contribution in [0.5, 0.6) is 0 Å². The molecule has 0 bridgehead atoms. The van der Waals surface area contributed by atoms with E-state index in [1.54, 1.807) is 36.0 Å². The van der Waals surface area contributed by atoms with E-state index in [0.29, 0.717) is 25.5 Å². The van der Waals surface area contributed by atoms with E-state index in [4.69, 9.17) is 0 Å².